The normalized spacial score (nSPS) is 18.5. The summed E-state index contributed by atoms with van der Waals surface area (Å²) in [6.07, 6.45) is 7.11. The molecule has 1 atom stereocenters. The number of thioether (sulfide) groups is 1. The summed E-state index contributed by atoms with van der Waals surface area (Å²) >= 11 is 1.63. The van der Waals surface area contributed by atoms with Crippen molar-refractivity contribution in [2.45, 2.75) is 38.6 Å². The monoisotopic (exact) mass is 310 g/mol. The van der Waals surface area contributed by atoms with Gasteiger partial charge in [-0.25, -0.2) is 0 Å². The van der Waals surface area contributed by atoms with Gasteiger partial charge in [0.05, 0.1) is 11.4 Å². The highest BCUT2D eigenvalue weighted by molar-refractivity contribution is 7.99. The van der Waals surface area contributed by atoms with Gasteiger partial charge in [0, 0.05) is 51.0 Å². The molecule has 0 N–H and O–H groups in total. The Labute approximate surface area is 131 Å². The Bertz CT molecular complexity index is 462. The number of carbonyl (C=O) groups is 1. The van der Waals surface area contributed by atoms with E-state index in [1.165, 1.54) is 5.56 Å². The first-order valence-electron chi connectivity index (χ1n) is 7.69. The Morgan fingerprint density at radius 1 is 1.38 bits per heavy atom. The molecule has 1 fully saturated rings. The van der Waals surface area contributed by atoms with Gasteiger partial charge in [-0.3, -0.25) is 14.4 Å². The summed E-state index contributed by atoms with van der Waals surface area (Å²) in [4.78, 5) is 16.7. The second-order valence-corrected chi connectivity index (χ2v) is 6.72. The summed E-state index contributed by atoms with van der Waals surface area (Å²) in [5, 5.41) is 4.39. The molecule has 2 heterocycles. The Hall–Kier alpha value is -1.01. The van der Waals surface area contributed by atoms with Crippen LogP contribution < -0.4 is 0 Å². The zero-order chi connectivity index (χ0) is 15.2. The summed E-state index contributed by atoms with van der Waals surface area (Å²) in [6.45, 7) is 9.65. The van der Waals surface area contributed by atoms with Crippen LogP contribution in [0.15, 0.2) is 12.4 Å². The minimum atomic E-state index is 0.0688. The Morgan fingerprint density at radius 3 is 2.86 bits per heavy atom. The fraction of sp³-hybridized carbons (Fsp3) is 0.733. The molecule has 0 aromatic carbocycles. The maximum atomic E-state index is 12.3. The van der Waals surface area contributed by atoms with E-state index in [0.29, 0.717) is 0 Å². The van der Waals surface area contributed by atoms with Crippen LogP contribution in [0, 0.1) is 0 Å². The molecule has 1 aromatic rings. The van der Waals surface area contributed by atoms with Crippen LogP contribution in [0.2, 0.25) is 0 Å². The summed E-state index contributed by atoms with van der Waals surface area (Å²) in [7, 11) is 0. The molecule has 0 unspecified atom stereocenters. The zero-order valence-corrected chi connectivity index (χ0v) is 14.1. The van der Waals surface area contributed by atoms with E-state index in [4.69, 9.17) is 0 Å². The smallest absolute Gasteiger partial charge is 0.235 e. The van der Waals surface area contributed by atoms with Gasteiger partial charge in [-0.1, -0.05) is 0 Å². The van der Waals surface area contributed by atoms with E-state index in [9.17, 15) is 4.79 Å². The molecule has 2 rings (SSSR count). The molecule has 6 heteroatoms. The number of hydrogen-bond acceptors (Lipinski definition) is 4. The highest BCUT2D eigenvalue weighted by Gasteiger charge is 2.22. The number of aromatic nitrogens is 2. The Balaban J connectivity index is 1.87. The van der Waals surface area contributed by atoms with Crippen molar-refractivity contribution in [3.63, 3.8) is 0 Å². The predicted octanol–water partition coefficient (Wildman–Crippen LogP) is 1.69. The molecule has 1 aliphatic rings. The van der Waals surface area contributed by atoms with E-state index in [0.717, 1.165) is 45.7 Å². The van der Waals surface area contributed by atoms with Crippen LogP contribution in [-0.2, 0) is 17.9 Å². The first-order valence-corrected chi connectivity index (χ1v) is 8.98. The van der Waals surface area contributed by atoms with Gasteiger partial charge >= 0.3 is 0 Å². The summed E-state index contributed by atoms with van der Waals surface area (Å²) in [5.41, 5.74) is 1.26. The summed E-state index contributed by atoms with van der Waals surface area (Å²) < 4.78 is 1.96. The van der Waals surface area contributed by atoms with Gasteiger partial charge in [0.25, 0.3) is 0 Å². The van der Waals surface area contributed by atoms with Crippen LogP contribution in [0.3, 0.4) is 0 Å². The largest absolute Gasteiger partial charge is 0.340 e. The molecule has 1 saturated heterocycles. The summed E-state index contributed by atoms with van der Waals surface area (Å²) in [6, 6.07) is 0. The first-order chi connectivity index (χ1) is 10.1. The van der Waals surface area contributed by atoms with Crippen LogP contribution in [0.4, 0.5) is 0 Å². The molecule has 0 aliphatic carbocycles. The minimum Gasteiger partial charge on any atom is -0.340 e. The molecular weight excluding hydrogens is 284 g/mol. The fourth-order valence-corrected chi connectivity index (χ4v) is 2.98. The molecule has 21 heavy (non-hydrogen) atoms. The molecule has 1 aromatic heterocycles. The number of aryl methyl sites for hydroxylation is 1. The third kappa shape index (κ3) is 4.48. The quantitative estimate of drug-likeness (QED) is 0.830. The van der Waals surface area contributed by atoms with E-state index in [1.807, 2.05) is 29.0 Å². The van der Waals surface area contributed by atoms with Crippen molar-refractivity contribution in [2.75, 3.05) is 32.4 Å². The van der Waals surface area contributed by atoms with Crippen molar-refractivity contribution in [2.24, 2.45) is 0 Å². The van der Waals surface area contributed by atoms with Crippen LogP contribution in [0.1, 0.15) is 25.8 Å². The molecule has 1 amide bonds. The average Bonchev–Trinajstić information content (AvgIpc) is 2.83. The van der Waals surface area contributed by atoms with Gasteiger partial charge in [0.15, 0.2) is 0 Å². The fourth-order valence-electron chi connectivity index (χ4n) is 2.63. The van der Waals surface area contributed by atoms with E-state index < -0.39 is 0 Å². The van der Waals surface area contributed by atoms with E-state index in [1.54, 1.807) is 11.8 Å². The lowest BCUT2D eigenvalue weighted by Crippen LogP contribution is -2.39. The maximum Gasteiger partial charge on any atom is 0.235 e. The molecule has 0 spiro atoms. The summed E-state index contributed by atoms with van der Waals surface area (Å²) in [5.74, 6) is 0.281. The lowest BCUT2D eigenvalue weighted by molar-refractivity contribution is -0.130. The van der Waals surface area contributed by atoms with Crippen molar-refractivity contribution in [1.82, 2.24) is 19.6 Å². The van der Waals surface area contributed by atoms with Crippen molar-refractivity contribution in [3.8, 4) is 0 Å². The second kappa shape index (κ2) is 7.84. The predicted molar refractivity (Wildman–Crippen MR) is 87.4 cm³/mol. The van der Waals surface area contributed by atoms with Gasteiger partial charge in [-0.15, -0.1) is 0 Å². The number of hydrogen-bond donors (Lipinski definition) is 0. The highest BCUT2D eigenvalue weighted by atomic mass is 32.2. The molecular formula is C15H26N4OS. The lowest BCUT2D eigenvalue weighted by atomic mass is 10.3. The van der Waals surface area contributed by atoms with Crippen molar-refractivity contribution < 1.29 is 4.79 Å². The molecule has 0 bridgehead atoms. The van der Waals surface area contributed by atoms with Gasteiger partial charge in [-0.05, 0) is 26.5 Å². The number of amides is 1. The van der Waals surface area contributed by atoms with Gasteiger partial charge < -0.3 is 4.90 Å². The third-order valence-electron chi connectivity index (χ3n) is 4.02. The van der Waals surface area contributed by atoms with Gasteiger partial charge in [0.1, 0.15) is 0 Å². The van der Waals surface area contributed by atoms with Gasteiger partial charge in [0.2, 0.25) is 5.91 Å². The molecule has 1 aliphatic heterocycles. The lowest BCUT2D eigenvalue weighted by Gasteiger charge is -2.23. The maximum absolute atomic E-state index is 12.3. The topological polar surface area (TPSA) is 41.4 Å². The standard InChI is InChI=1S/C15H26N4OS/c1-4-19-12-14(10-16-19)11-17-6-5-7-18(9-8-17)15(20)13(2)21-3/h10,12-13H,4-9,11H2,1-3H3/t13-/m1/s1. The highest BCUT2D eigenvalue weighted by Crippen LogP contribution is 2.13. The van der Waals surface area contributed by atoms with Crippen molar-refractivity contribution >= 4 is 17.7 Å². The molecule has 118 valence electrons. The van der Waals surface area contributed by atoms with E-state index >= 15 is 0 Å². The Morgan fingerprint density at radius 2 is 2.19 bits per heavy atom. The molecule has 0 radical (unpaired) electrons. The van der Waals surface area contributed by atoms with E-state index in [2.05, 4.69) is 23.1 Å². The van der Waals surface area contributed by atoms with Crippen molar-refractivity contribution in [1.29, 1.82) is 0 Å². The molecule has 5 nitrogen and oxygen atoms in total. The molecule has 0 saturated carbocycles. The zero-order valence-electron chi connectivity index (χ0n) is 13.3. The van der Waals surface area contributed by atoms with Crippen LogP contribution in [0.25, 0.3) is 0 Å². The van der Waals surface area contributed by atoms with E-state index in [-0.39, 0.29) is 11.2 Å². The van der Waals surface area contributed by atoms with Gasteiger partial charge in [-0.2, -0.15) is 16.9 Å². The first kappa shape index (κ1) is 16.4. The average molecular weight is 310 g/mol. The van der Waals surface area contributed by atoms with Crippen molar-refractivity contribution in [3.05, 3.63) is 18.0 Å². The SMILES string of the molecule is CCn1cc(CN2CCCN(C(=O)[C@@H](C)SC)CC2)cn1. The second-order valence-electron chi connectivity index (χ2n) is 5.54. The van der Waals surface area contributed by atoms with Crippen LogP contribution in [-0.4, -0.2) is 63.2 Å². The Kier molecular flexibility index (Phi) is 6.11. The third-order valence-corrected chi connectivity index (χ3v) is 4.93. The number of carbonyl (C=O) groups excluding carboxylic acids is 1. The number of nitrogens with zero attached hydrogens (tertiary/aromatic N) is 4. The number of rotatable bonds is 5. The van der Waals surface area contributed by atoms with Crippen LogP contribution in [0.5, 0.6) is 0 Å². The minimum absolute atomic E-state index is 0.0688. The van der Waals surface area contributed by atoms with Crippen LogP contribution >= 0.6 is 11.8 Å².